The average molecular weight is 304 g/mol. The molecule has 0 bridgehead atoms. The fourth-order valence-corrected chi connectivity index (χ4v) is 4.44. The van der Waals surface area contributed by atoms with Gasteiger partial charge in [-0.2, -0.15) is 4.31 Å². The van der Waals surface area contributed by atoms with Gasteiger partial charge in [-0.3, -0.25) is 9.69 Å². The summed E-state index contributed by atoms with van der Waals surface area (Å²) in [6.07, 6.45) is 0.513. The summed E-state index contributed by atoms with van der Waals surface area (Å²) in [5.41, 5.74) is 0. The number of nitrogens with one attached hydrogen (secondary N) is 2. The highest BCUT2D eigenvalue weighted by Gasteiger charge is 2.36. The molecule has 0 radical (unpaired) electrons. The van der Waals surface area contributed by atoms with Crippen LogP contribution in [0, 0.1) is 0 Å². The van der Waals surface area contributed by atoms with E-state index in [2.05, 4.69) is 15.5 Å². The number of hydrogen-bond donors (Lipinski definition) is 2. The van der Waals surface area contributed by atoms with Crippen LogP contribution >= 0.6 is 0 Å². The Labute approximate surface area is 120 Å². The lowest BCUT2D eigenvalue weighted by atomic mass is 10.2. The molecule has 2 N–H and O–H groups in total. The topological polar surface area (TPSA) is 81.8 Å². The smallest absolute Gasteiger partial charge is 0.238 e. The molecule has 116 valence electrons. The molecule has 0 aromatic rings. The summed E-state index contributed by atoms with van der Waals surface area (Å²) in [6.45, 7) is 6.75. The highest BCUT2D eigenvalue weighted by molar-refractivity contribution is 7.89. The minimum atomic E-state index is -3.37. The van der Waals surface area contributed by atoms with Gasteiger partial charge in [0.05, 0.1) is 5.75 Å². The lowest BCUT2D eigenvalue weighted by Gasteiger charge is -2.34. The molecule has 2 fully saturated rings. The van der Waals surface area contributed by atoms with Gasteiger partial charge in [-0.1, -0.05) is 6.92 Å². The van der Waals surface area contributed by atoms with Gasteiger partial charge in [0.25, 0.3) is 0 Å². The third-order valence-corrected chi connectivity index (χ3v) is 5.75. The molecule has 2 heterocycles. The van der Waals surface area contributed by atoms with Crippen LogP contribution in [0.5, 0.6) is 0 Å². The molecule has 2 saturated heterocycles. The van der Waals surface area contributed by atoms with Gasteiger partial charge in [0.1, 0.15) is 6.04 Å². The fraction of sp³-hybridized carbons (Fsp3) is 0.917. The first-order valence-corrected chi connectivity index (χ1v) is 8.86. The van der Waals surface area contributed by atoms with E-state index in [0.717, 1.165) is 26.2 Å². The zero-order valence-corrected chi connectivity index (χ0v) is 12.8. The van der Waals surface area contributed by atoms with Crippen LogP contribution in [0.2, 0.25) is 0 Å². The van der Waals surface area contributed by atoms with E-state index in [1.165, 1.54) is 4.31 Å². The zero-order chi connectivity index (χ0) is 14.6. The van der Waals surface area contributed by atoms with Crippen molar-refractivity contribution in [1.29, 1.82) is 0 Å². The molecule has 0 saturated carbocycles. The molecule has 2 aliphatic rings. The molecule has 0 aromatic carbocycles. The maximum atomic E-state index is 12.4. The predicted molar refractivity (Wildman–Crippen MR) is 76.9 cm³/mol. The molecule has 2 rings (SSSR count). The van der Waals surface area contributed by atoms with Crippen LogP contribution in [0.25, 0.3) is 0 Å². The van der Waals surface area contributed by atoms with Crippen LogP contribution in [-0.4, -0.2) is 81.1 Å². The van der Waals surface area contributed by atoms with E-state index in [9.17, 15) is 13.2 Å². The number of piperazine rings is 2. The summed E-state index contributed by atoms with van der Waals surface area (Å²) in [5.74, 6) is -0.0824. The molecule has 0 aromatic heterocycles. The Morgan fingerprint density at radius 2 is 1.90 bits per heavy atom. The Kier molecular flexibility index (Phi) is 5.36. The van der Waals surface area contributed by atoms with Gasteiger partial charge in [-0.25, -0.2) is 8.42 Å². The first-order valence-electron chi connectivity index (χ1n) is 7.25. The fourth-order valence-electron chi connectivity index (χ4n) is 2.71. The second kappa shape index (κ2) is 6.84. The summed E-state index contributed by atoms with van der Waals surface area (Å²) >= 11 is 0. The van der Waals surface area contributed by atoms with Gasteiger partial charge in [-0.15, -0.1) is 0 Å². The number of carbonyl (C=O) groups is 1. The second-order valence-corrected chi connectivity index (χ2v) is 7.27. The second-order valence-electron chi connectivity index (χ2n) is 5.23. The van der Waals surface area contributed by atoms with Gasteiger partial charge in [0.15, 0.2) is 0 Å². The van der Waals surface area contributed by atoms with Crippen LogP contribution < -0.4 is 10.6 Å². The van der Waals surface area contributed by atoms with Gasteiger partial charge < -0.3 is 10.6 Å². The first-order chi connectivity index (χ1) is 9.54. The summed E-state index contributed by atoms with van der Waals surface area (Å²) in [6, 6.07) is -0.545. The molecule has 0 aliphatic carbocycles. The summed E-state index contributed by atoms with van der Waals surface area (Å²) in [5, 5.41) is 5.97. The van der Waals surface area contributed by atoms with Crippen molar-refractivity contribution in [2.24, 2.45) is 0 Å². The SMILES string of the molecule is CCC1C(=O)NCCN1S(=O)(=O)CCN1CCNCC1. The van der Waals surface area contributed by atoms with Crippen molar-refractivity contribution >= 4 is 15.9 Å². The Morgan fingerprint density at radius 3 is 2.55 bits per heavy atom. The Hall–Kier alpha value is -0.700. The van der Waals surface area contributed by atoms with Crippen LogP contribution in [0.1, 0.15) is 13.3 Å². The van der Waals surface area contributed by atoms with Crippen LogP contribution in [-0.2, 0) is 14.8 Å². The van der Waals surface area contributed by atoms with E-state index >= 15 is 0 Å². The van der Waals surface area contributed by atoms with Gasteiger partial charge in [0, 0.05) is 45.8 Å². The van der Waals surface area contributed by atoms with E-state index in [0.29, 0.717) is 26.1 Å². The lowest BCUT2D eigenvalue weighted by Crippen LogP contribution is -2.57. The molecule has 7 nitrogen and oxygen atoms in total. The molecule has 8 heteroatoms. The minimum Gasteiger partial charge on any atom is -0.353 e. The average Bonchev–Trinajstić information content (AvgIpc) is 2.46. The normalized spacial score (nSPS) is 26.4. The Bertz CT molecular complexity index is 434. The Balaban J connectivity index is 1.95. The number of hydrogen-bond acceptors (Lipinski definition) is 5. The monoisotopic (exact) mass is 304 g/mol. The van der Waals surface area contributed by atoms with Crippen molar-refractivity contribution in [3.8, 4) is 0 Å². The predicted octanol–water partition coefficient (Wildman–Crippen LogP) is -1.57. The van der Waals surface area contributed by atoms with Crippen molar-refractivity contribution in [3.63, 3.8) is 0 Å². The minimum absolute atomic E-state index is 0.0940. The lowest BCUT2D eigenvalue weighted by molar-refractivity contribution is -0.126. The van der Waals surface area contributed by atoms with E-state index in [1.54, 1.807) is 0 Å². The van der Waals surface area contributed by atoms with Crippen molar-refractivity contribution < 1.29 is 13.2 Å². The molecule has 1 amide bonds. The van der Waals surface area contributed by atoms with E-state index < -0.39 is 16.1 Å². The molecule has 0 spiro atoms. The maximum Gasteiger partial charge on any atom is 0.238 e. The summed E-state index contributed by atoms with van der Waals surface area (Å²) in [7, 11) is -3.37. The third-order valence-electron chi connectivity index (χ3n) is 3.90. The Morgan fingerprint density at radius 1 is 1.20 bits per heavy atom. The van der Waals surface area contributed by atoms with E-state index in [1.807, 2.05) is 6.92 Å². The van der Waals surface area contributed by atoms with Gasteiger partial charge >= 0.3 is 0 Å². The molecule has 20 heavy (non-hydrogen) atoms. The number of rotatable bonds is 5. The van der Waals surface area contributed by atoms with Crippen LogP contribution in [0.3, 0.4) is 0 Å². The zero-order valence-electron chi connectivity index (χ0n) is 12.0. The quantitative estimate of drug-likeness (QED) is 0.641. The molecular weight excluding hydrogens is 280 g/mol. The van der Waals surface area contributed by atoms with Crippen LogP contribution in [0.4, 0.5) is 0 Å². The summed E-state index contributed by atoms with van der Waals surface area (Å²) in [4.78, 5) is 13.9. The van der Waals surface area contributed by atoms with Crippen molar-refractivity contribution in [3.05, 3.63) is 0 Å². The summed E-state index contributed by atoms with van der Waals surface area (Å²) < 4.78 is 26.3. The third kappa shape index (κ3) is 3.69. The van der Waals surface area contributed by atoms with Crippen LogP contribution in [0.15, 0.2) is 0 Å². The van der Waals surface area contributed by atoms with Crippen molar-refractivity contribution in [2.45, 2.75) is 19.4 Å². The van der Waals surface area contributed by atoms with E-state index in [4.69, 9.17) is 0 Å². The van der Waals surface area contributed by atoms with Crippen molar-refractivity contribution in [2.75, 3.05) is 51.6 Å². The number of amides is 1. The number of nitrogens with zero attached hydrogens (tertiary/aromatic N) is 2. The maximum absolute atomic E-state index is 12.4. The molecule has 1 atom stereocenters. The molecule has 2 aliphatic heterocycles. The number of carbonyl (C=O) groups excluding carboxylic acids is 1. The first kappa shape index (κ1) is 15.7. The van der Waals surface area contributed by atoms with Gasteiger partial charge in [0.2, 0.25) is 15.9 Å². The largest absolute Gasteiger partial charge is 0.353 e. The number of sulfonamides is 1. The highest BCUT2D eigenvalue weighted by atomic mass is 32.2. The highest BCUT2D eigenvalue weighted by Crippen LogP contribution is 2.14. The van der Waals surface area contributed by atoms with Crippen molar-refractivity contribution in [1.82, 2.24) is 19.8 Å². The molecular formula is C12H24N4O3S. The van der Waals surface area contributed by atoms with E-state index in [-0.39, 0.29) is 11.7 Å². The molecule has 1 unspecified atom stereocenters. The standard InChI is InChI=1S/C12H24N4O3S/c1-2-11-12(17)14-5-8-16(11)20(18,19)10-9-15-6-3-13-4-7-15/h11,13H,2-10H2,1H3,(H,14,17). The van der Waals surface area contributed by atoms with Gasteiger partial charge in [-0.05, 0) is 6.42 Å².